The number of ketones is 1. The van der Waals surface area contributed by atoms with E-state index < -0.39 is 18.0 Å². The van der Waals surface area contributed by atoms with Gasteiger partial charge in [0, 0.05) is 11.3 Å². The summed E-state index contributed by atoms with van der Waals surface area (Å²) in [5.74, 6) is -0.351. The quantitative estimate of drug-likeness (QED) is 0.581. The maximum absolute atomic E-state index is 12.1. The van der Waals surface area contributed by atoms with E-state index in [1.165, 1.54) is 13.8 Å². The van der Waals surface area contributed by atoms with Crippen molar-refractivity contribution in [1.29, 1.82) is 0 Å². The van der Waals surface area contributed by atoms with Crippen molar-refractivity contribution in [2.45, 2.75) is 26.4 Å². The average molecular weight is 355 g/mol. The lowest BCUT2D eigenvalue weighted by atomic mass is 10.1. The Balaban J connectivity index is 1.75. The number of carbonyl (C=O) groups is 3. The molecule has 0 saturated carbocycles. The molecule has 2 rings (SSSR count). The van der Waals surface area contributed by atoms with E-state index in [0.717, 1.165) is 0 Å². The molecule has 0 aliphatic rings. The zero-order valence-electron chi connectivity index (χ0n) is 14.7. The Bertz CT molecular complexity index is 756. The fourth-order valence-electron chi connectivity index (χ4n) is 2.11. The number of rotatable bonds is 8. The topological polar surface area (TPSA) is 81.7 Å². The van der Waals surface area contributed by atoms with Gasteiger partial charge in [0.15, 0.2) is 11.9 Å². The van der Waals surface area contributed by atoms with Crippen molar-refractivity contribution in [3.8, 4) is 5.75 Å². The van der Waals surface area contributed by atoms with Crippen LogP contribution in [0.5, 0.6) is 5.75 Å². The van der Waals surface area contributed by atoms with Crippen LogP contribution in [0.25, 0.3) is 0 Å². The van der Waals surface area contributed by atoms with Gasteiger partial charge in [-0.15, -0.1) is 0 Å². The van der Waals surface area contributed by atoms with Gasteiger partial charge in [0.2, 0.25) is 0 Å². The molecule has 26 heavy (non-hydrogen) atoms. The van der Waals surface area contributed by atoms with Crippen molar-refractivity contribution in [3.63, 3.8) is 0 Å². The zero-order valence-corrected chi connectivity index (χ0v) is 14.7. The molecule has 2 aromatic carbocycles. The van der Waals surface area contributed by atoms with E-state index in [-0.39, 0.29) is 18.8 Å². The molecule has 1 atom stereocenters. The Morgan fingerprint density at radius 3 is 2.27 bits per heavy atom. The second-order valence-corrected chi connectivity index (χ2v) is 5.67. The van der Waals surface area contributed by atoms with Gasteiger partial charge in [-0.2, -0.15) is 0 Å². The van der Waals surface area contributed by atoms with Crippen LogP contribution in [0.2, 0.25) is 0 Å². The molecule has 6 nitrogen and oxygen atoms in total. The Morgan fingerprint density at radius 1 is 1.00 bits per heavy atom. The van der Waals surface area contributed by atoms with Gasteiger partial charge in [-0.3, -0.25) is 14.4 Å². The van der Waals surface area contributed by atoms with Crippen LogP contribution in [0.4, 0.5) is 5.69 Å². The first kappa shape index (κ1) is 19.2. The smallest absolute Gasteiger partial charge is 0.310 e. The van der Waals surface area contributed by atoms with E-state index in [1.807, 2.05) is 18.2 Å². The normalized spacial score (nSPS) is 11.3. The molecular weight excluding hydrogens is 334 g/mol. The van der Waals surface area contributed by atoms with Gasteiger partial charge in [-0.25, -0.2) is 0 Å². The highest BCUT2D eigenvalue weighted by atomic mass is 16.5. The number of benzene rings is 2. The number of ether oxygens (including phenoxy) is 2. The van der Waals surface area contributed by atoms with Crippen molar-refractivity contribution < 1.29 is 23.9 Å². The number of hydrogen-bond acceptors (Lipinski definition) is 5. The van der Waals surface area contributed by atoms with E-state index in [1.54, 1.807) is 36.4 Å². The molecule has 0 spiro atoms. The van der Waals surface area contributed by atoms with Crippen LogP contribution in [-0.4, -0.2) is 30.4 Å². The largest absolute Gasteiger partial charge is 0.493 e. The molecular formula is C20H21NO5. The van der Waals surface area contributed by atoms with E-state index >= 15 is 0 Å². The van der Waals surface area contributed by atoms with E-state index in [2.05, 4.69) is 5.32 Å². The highest BCUT2D eigenvalue weighted by Gasteiger charge is 2.18. The van der Waals surface area contributed by atoms with Crippen molar-refractivity contribution in [2.75, 3.05) is 11.9 Å². The summed E-state index contributed by atoms with van der Waals surface area (Å²) >= 11 is 0. The molecule has 0 aliphatic carbocycles. The highest BCUT2D eigenvalue weighted by molar-refractivity contribution is 5.97. The lowest BCUT2D eigenvalue weighted by Crippen LogP contribution is -2.30. The molecule has 0 aromatic heterocycles. The van der Waals surface area contributed by atoms with Crippen LogP contribution in [0.15, 0.2) is 54.6 Å². The van der Waals surface area contributed by atoms with Gasteiger partial charge in [0.1, 0.15) is 5.75 Å². The molecule has 0 radical (unpaired) electrons. The van der Waals surface area contributed by atoms with Gasteiger partial charge in [-0.1, -0.05) is 18.2 Å². The number of hydrogen-bond donors (Lipinski definition) is 1. The van der Waals surface area contributed by atoms with Crippen LogP contribution in [0.3, 0.4) is 0 Å². The summed E-state index contributed by atoms with van der Waals surface area (Å²) in [6.45, 7) is 3.13. The molecule has 2 aromatic rings. The number of esters is 1. The minimum absolute atomic E-state index is 0.0415. The SMILES string of the molecule is CC(=O)c1ccc(NC(=O)[C@H](C)OC(=O)CCOc2ccccc2)cc1. The molecule has 0 aliphatic heterocycles. The van der Waals surface area contributed by atoms with Crippen molar-refractivity contribution in [3.05, 3.63) is 60.2 Å². The Morgan fingerprint density at radius 2 is 1.65 bits per heavy atom. The standard InChI is InChI=1S/C20H21NO5/c1-14(22)16-8-10-17(11-9-16)21-20(24)15(2)26-19(23)12-13-25-18-6-4-3-5-7-18/h3-11,15H,12-13H2,1-2H3,(H,21,24)/t15-/m0/s1. The minimum atomic E-state index is -0.938. The first-order chi connectivity index (χ1) is 12.5. The molecule has 1 N–H and O–H groups in total. The third-order valence-corrected chi connectivity index (χ3v) is 3.55. The van der Waals surface area contributed by atoms with Crippen molar-refractivity contribution >= 4 is 23.3 Å². The summed E-state index contributed by atoms with van der Waals surface area (Å²) in [5.41, 5.74) is 1.08. The molecule has 1 amide bonds. The van der Waals surface area contributed by atoms with Crippen LogP contribution in [-0.2, 0) is 14.3 Å². The predicted molar refractivity (Wildman–Crippen MR) is 97.2 cm³/mol. The van der Waals surface area contributed by atoms with Gasteiger partial charge >= 0.3 is 5.97 Å². The summed E-state index contributed by atoms with van der Waals surface area (Å²) in [5, 5.41) is 2.64. The third-order valence-electron chi connectivity index (χ3n) is 3.55. The van der Waals surface area contributed by atoms with E-state index in [0.29, 0.717) is 17.0 Å². The number of amides is 1. The highest BCUT2D eigenvalue weighted by Crippen LogP contribution is 2.12. The van der Waals surface area contributed by atoms with Gasteiger partial charge in [0.05, 0.1) is 13.0 Å². The lowest BCUT2D eigenvalue weighted by Gasteiger charge is -2.14. The molecule has 136 valence electrons. The Labute approximate surface area is 152 Å². The molecule has 0 heterocycles. The summed E-state index contributed by atoms with van der Waals surface area (Å²) in [4.78, 5) is 35.1. The van der Waals surface area contributed by atoms with E-state index in [9.17, 15) is 14.4 Å². The number of anilines is 1. The molecule has 0 unspecified atom stereocenters. The van der Waals surface area contributed by atoms with Crippen molar-refractivity contribution in [2.24, 2.45) is 0 Å². The molecule has 0 saturated heterocycles. The van der Waals surface area contributed by atoms with Crippen LogP contribution < -0.4 is 10.1 Å². The summed E-state index contributed by atoms with van der Waals surface area (Å²) in [7, 11) is 0. The third kappa shape index (κ3) is 6.05. The lowest BCUT2D eigenvalue weighted by molar-refractivity contribution is -0.153. The monoisotopic (exact) mass is 355 g/mol. The second-order valence-electron chi connectivity index (χ2n) is 5.67. The predicted octanol–water partition coefficient (Wildman–Crippen LogP) is 3.23. The maximum atomic E-state index is 12.1. The first-order valence-corrected chi connectivity index (χ1v) is 8.25. The van der Waals surface area contributed by atoms with Crippen LogP contribution in [0.1, 0.15) is 30.6 Å². The van der Waals surface area contributed by atoms with E-state index in [4.69, 9.17) is 9.47 Å². The number of carbonyl (C=O) groups excluding carboxylic acids is 3. The summed E-state index contributed by atoms with van der Waals surface area (Å²) < 4.78 is 10.5. The number of nitrogens with one attached hydrogen (secondary N) is 1. The summed E-state index contributed by atoms with van der Waals surface area (Å²) in [6.07, 6.45) is -0.897. The first-order valence-electron chi connectivity index (χ1n) is 8.25. The second kappa shape index (κ2) is 9.36. The molecule has 0 fully saturated rings. The Kier molecular flexibility index (Phi) is 6.91. The van der Waals surface area contributed by atoms with Gasteiger partial charge in [0.25, 0.3) is 5.91 Å². The summed E-state index contributed by atoms with van der Waals surface area (Å²) in [6, 6.07) is 15.6. The van der Waals surface area contributed by atoms with Crippen molar-refractivity contribution in [1.82, 2.24) is 0 Å². The fourth-order valence-corrected chi connectivity index (χ4v) is 2.11. The molecule has 6 heteroatoms. The van der Waals surface area contributed by atoms with Crippen LogP contribution >= 0.6 is 0 Å². The average Bonchev–Trinajstić information content (AvgIpc) is 2.63. The van der Waals surface area contributed by atoms with Crippen LogP contribution in [0, 0.1) is 0 Å². The Hall–Kier alpha value is -3.15. The van der Waals surface area contributed by atoms with Gasteiger partial charge < -0.3 is 14.8 Å². The zero-order chi connectivity index (χ0) is 18.9. The molecule has 0 bridgehead atoms. The van der Waals surface area contributed by atoms with Gasteiger partial charge in [-0.05, 0) is 50.2 Å². The fraction of sp³-hybridized carbons (Fsp3) is 0.250. The number of Topliss-reactive ketones (excluding diaryl/α,β-unsaturated/α-hetero) is 1. The minimum Gasteiger partial charge on any atom is -0.493 e. The maximum Gasteiger partial charge on any atom is 0.310 e. The number of para-hydroxylation sites is 1.